The van der Waals surface area contributed by atoms with E-state index < -0.39 is 9.73 Å². The molecule has 0 bridgehead atoms. The molecule has 0 saturated heterocycles. The summed E-state index contributed by atoms with van der Waals surface area (Å²) in [6.07, 6.45) is 1.63. The molecule has 3 nitrogen and oxygen atoms in total. The molecule has 1 aromatic rings. The van der Waals surface area contributed by atoms with Gasteiger partial charge in [-0.25, -0.2) is 8.57 Å². The lowest BCUT2D eigenvalue weighted by molar-refractivity contribution is 0.680. The van der Waals surface area contributed by atoms with Crippen LogP contribution in [0.2, 0.25) is 0 Å². The zero-order chi connectivity index (χ0) is 9.90. The maximum absolute atomic E-state index is 11.8. The second-order valence-corrected chi connectivity index (χ2v) is 5.27. The lowest BCUT2D eigenvalue weighted by Gasteiger charge is -2.03. The van der Waals surface area contributed by atoms with Gasteiger partial charge in [0.15, 0.2) is 0 Å². The Hall–Kier alpha value is -0.870. The van der Waals surface area contributed by atoms with Crippen molar-refractivity contribution in [2.24, 2.45) is 10.1 Å². The van der Waals surface area contributed by atoms with Crippen molar-refractivity contribution in [3.8, 4) is 0 Å². The van der Waals surface area contributed by atoms with Gasteiger partial charge in [0.05, 0.1) is 9.73 Å². The summed E-state index contributed by atoms with van der Waals surface area (Å²) in [6.45, 7) is 0.508. The van der Waals surface area contributed by atoms with Crippen LogP contribution in [0.5, 0.6) is 0 Å². The van der Waals surface area contributed by atoms with Gasteiger partial charge in [-0.1, -0.05) is 12.1 Å². The van der Waals surface area contributed by atoms with Gasteiger partial charge in [0.25, 0.3) is 0 Å². The van der Waals surface area contributed by atoms with E-state index in [1.807, 2.05) is 24.3 Å². The fraction of sp³-hybridized carbons (Fsp3) is 0.333. The summed E-state index contributed by atoms with van der Waals surface area (Å²) < 4.78 is 15.6. The second-order valence-electron chi connectivity index (χ2n) is 2.83. The predicted molar refractivity (Wildman–Crippen MR) is 55.0 cm³/mol. The first-order valence-electron chi connectivity index (χ1n) is 3.99. The average Bonchev–Trinajstić information content (AvgIpc) is 2.18. The molecule has 0 heterocycles. The molecule has 2 N–H and O–H groups in total. The molecule has 1 atom stereocenters. The molecule has 4 heteroatoms. The van der Waals surface area contributed by atoms with Crippen LogP contribution in [0.4, 0.5) is 0 Å². The summed E-state index contributed by atoms with van der Waals surface area (Å²) >= 11 is 0. The molecule has 0 aromatic heterocycles. The summed E-state index contributed by atoms with van der Waals surface area (Å²) in [6, 6.07) is 7.39. The van der Waals surface area contributed by atoms with E-state index in [0.717, 1.165) is 10.5 Å². The van der Waals surface area contributed by atoms with Crippen molar-refractivity contribution in [1.82, 2.24) is 0 Å². The smallest absolute Gasteiger partial charge is 0.0720 e. The SMILES string of the molecule is CN=S(C)(=O)c1ccc(CN)cc1. The maximum atomic E-state index is 11.8. The van der Waals surface area contributed by atoms with Crippen LogP contribution in [0.15, 0.2) is 33.5 Å². The Morgan fingerprint density at radius 1 is 1.38 bits per heavy atom. The van der Waals surface area contributed by atoms with Crippen LogP contribution in [0.1, 0.15) is 5.56 Å². The molecule has 1 aromatic carbocycles. The van der Waals surface area contributed by atoms with E-state index in [4.69, 9.17) is 5.73 Å². The Balaban J connectivity index is 3.14. The minimum Gasteiger partial charge on any atom is -0.326 e. The van der Waals surface area contributed by atoms with Gasteiger partial charge in [-0.05, 0) is 17.7 Å². The van der Waals surface area contributed by atoms with E-state index in [0.29, 0.717) is 6.54 Å². The van der Waals surface area contributed by atoms with Gasteiger partial charge in [-0.3, -0.25) is 0 Å². The van der Waals surface area contributed by atoms with E-state index in [1.165, 1.54) is 0 Å². The first-order chi connectivity index (χ1) is 6.10. The van der Waals surface area contributed by atoms with Crippen molar-refractivity contribution in [2.45, 2.75) is 11.4 Å². The molecule has 0 saturated carbocycles. The zero-order valence-electron chi connectivity index (χ0n) is 7.86. The number of hydrogen-bond acceptors (Lipinski definition) is 3. The molecule has 0 amide bonds. The third kappa shape index (κ3) is 2.29. The van der Waals surface area contributed by atoms with Crippen LogP contribution in [-0.4, -0.2) is 17.5 Å². The lowest BCUT2D eigenvalue weighted by Crippen LogP contribution is -1.99. The molecule has 1 unspecified atom stereocenters. The van der Waals surface area contributed by atoms with Gasteiger partial charge in [0.1, 0.15) is 0 Å². The Morgan fingerprint density at radius 3 is 2.31 bits per heavy atom. The number of benzene rings is 1. The first-order valence-corrected chi connectivity index (χ1v) is 5.92. The van der Waals surface area contributed by atoms with Gasteiger partial charge in [-0.2, -0.15) is 0 Å². The van der Waals surface area contributed by atoms with Crippen molar-refractivity contribution in [3.05, 3.63) is 29.8 Å². The summed E-state index contributed by atoms with van der Waals surface area (Å²) in [5.41, 5.74) is 6.48. The fourth-order valence-electron chi connectivity index (χ4n) is 0.983. The van der Waals surface area contributed by atoms with Crippen LogP contribution >= 0.6 is 0 Å². The molecule has 1 rings (SSSR count). The standard InChI is InChI=1S/C9H14N2OS/c1-11-13(2,12)9-5-3-8(7-10)4-6-9/h3-6H,7,10H2,1-2H3. The Kier molecular flexibility index (Phi) is 3.06. The van der Waals surface area contributed by atoms with Crippen LogP contribution in [0, 0.1) is 0 Å². The minimum atomic E-state index is -2.19. The van der Waals surface area contributed by atoms with E-state index in [2.05, 4.69) is 4.36 Å². The van der Waals surface area contributed by atoms with Gasteiger partial charge in [0, 0.05) is 24.7 Å². The van der Waals surface area contributed by atoms with Crippen molar-refractivity contribution in [3.63, 3.8) is 0 Å². The van der Waals surface area contributed by atoms with Crippen molar-refractivity contribution in [1.29, 1.82) is 0 Å². The van der Waals surface area contributed by atoms with Crippen LogP contribution < -0.4 is 5.73 Å². The number of nitrogens with two attached hydrogens (primary N) is 1. The van der Waals surface area contributed by atoms with E-state index in [1.54, 1.807) is 13.3 Å². The van der Waals surface area contributed by atoms with Crippen LogP contribution in [-0.2, 0) is 16.3 Å². The van der Waals surface area contributed by atoms with Crippen molar-refractivity contribution >= 4 is 9.73 Å². The topological polar surface area (TPSA) is 55.5 Å². The first kappa shape index (κ1) is 10.2. The van der Waals surface area contributed by atoms with Gasteiger partial charge in [0.2, 0.25) is 0 Å². The Bertz CT molecular complexity index is 389. The zero-order valence-corrected chi connectivity index (χ0v) is 8.67. The molecule has 0 fully saturated rings. The van der Waals surface area contributed by atoms with Gasteiger partial charge < -0.3 is 5.73 Å². The fourth-order valence-corrected chi connectivity index (χ4v) is 1.84. The molecule has 13 heavy (non-hydrogen) atoms. The number of nitrogens with zero attached hydrogens (tertiary/aromatic N) is 1. The van der Waals surface area contributed by atoms with Gasteiger partial charge >= 0.3 is 0 Å². The molecular formula is C9H14N2OS. The molecule has 0 radical (unpaired) electrons. The summed E-state index contributed by atoms with van der Waals surface area (Å²) in [5.74, 6) is 0. The molecular weight excluding hydrogens is 184 g/mol. The summed E-state index contributed by atoms with van der Waals surface area (Å²) in [4.78, 5) is 0.757. The lowest BCUT2D eigenvalue weighted by atomic mass is 10.2. The van der Waals surface area contributed by atoms with Crippen LogP contribution in [0.25, 0.3) is 0 Å². The van der Waals surface area contributed by atoms with Crippen molar-refractivity contribution in [2.75, 3.05) is 13.3 Å². The molecule has 0 aliphatic heterocycles. The highest BCUT2D eigenvalue weighted by Gasteiger charge is 2.02. The highest BCUT2D eigenvalue weighted by atomic mass is 32.2. The normalized spacial score (nSPS) is 15.0. The third-order valence-electron chi connectivity index (χ3n) is 1.94. The average molecular weight is 198 g/mol. The highest BCUT2D eigenvalue weighted by Crippen LogP contribution is 2.11. The van der Waals surface area contributed by atoms with Crippen molar-refractivity contribution < 1.29 is 4.21 Å². The second kappa shape index (κ2) is 3.89. The van der Waals surface area contributed by atoms with Crippen LogP contribution in [0.3, 0.4) is 0 Å². The summed E-state index contributed by atoms with van der Waals surface area (Å²) in [7, 11) is -0.620. The Morgan fingerprint density at radius 2 is 1.92 bits per heavy atom. The molecule has 72 valence electrons. The number of hydrogen-bond donors (Lipinski definition) is 1. The minimum absolute atomic E-state index is 0.508. The monoisotopic (exact) mass is 198 g/mol. The largest absolute Gasteiger partial charge is 0.326 e. The molecule has 0 aliphatic rings. The Labute approximate surface area is 79.1 Å². The highest BCUT2D eigenvalue weighted by molar-refractivity contribution is 7.93. The predicted octanol–water partition coefficient (Wildman–Crippen LogP) is 1.23. The molecule has 0 spiro atoms. The summed E-state index contributed by atoms with van der Waals surface area (Å²) in [5, 5.41) is 0. The van der Waals surface area contributed by atoms with E-state index in [9.17, 15) is 4.21 Å². The quantitative estimate of drug-likeness (QED) is 0.777. The number of rotatable bonds is 2. The third-order valence-corrected chi connectivity index (χ3v) is 3.79. The molecule has 0 aliphatic carbocycles. The van der Waals surface area contributed by atoms with Gasteiger partial charge in [-0.15, -0.1) is 0 Å². The van der Waals surface area contributed by atoms with E-state index >= 15 is 0 Å². The maximum Gasteiger partial charge on any atom is 0.0720 e. The van der Waals surface area contributed by atoms with E-state index in [-0.39, 0.29) is 0 Å².